The summed E-state index contributed by atoms with van der Waals surface area (Å²) in [6.45, 7) is 6.57. The van der Waals surface area contributed by atoms with Crippen LogP contribution in [0.15, 0.2) is 54.6 Å². The molecule has 4 heteroatoms. The Hall–Kier alpha value is -2.62. The summed E-state index contributed by atoms with van der Waals surface area (Å²) < 4.78 is 0. The maximum absolute atomic E-state index is 12.6. The zero-order valence-electron chi connectivity index (χ0n) is 15.2. The molecule has 25 heavy (non-hydrogen) atoms. The highest BCUT2D eigenvalue weighted by Crippen LogP contribution is 2.18. The van der Waals surface area contributed by atoms with E-state index in [0.29, 0.717) is 13.1 Å². The van der Waals surface area contributed by atoms with Crippen molar-refractivity contribution in [3.8, 4) is 0 Å². The lowest BCUT2D eigenvalue weighted by atomic mass is 10.1. The van der Waals surface area contributed by atoms with Crippen LogP contribution in [0, 0.1) is 0 Å². The molecule has 0 radical (unpaired) electrons. The molecule has 132 valence electrons. The van der Waals surface area contributed by atoms with Gasteiger partial charge in [-0.15, -0.1) is 0 Å². The van der Waals surface area contributed by atoms with E-state index in [9.17, 15) is 9.59 Å². The number of hydrogen-bond acceptors (Lipinski definition) is 2. The van der Waals surface area contributed by atoms with Gasteiger partial charge in [-0.25, -0.2) is 0 Å². The van der Waals surface area contributed by atoms with Crippen LogP contribution in [0.3, 0.4) is 0 Å². The van der Waals surface area contributed by atoms with Gasteiger partial charge in [0.1, 0.15) is 0 Å². The second-order valence-corrected chi connectivity index (χ2v) is 5.91. The van der Waals surface area contributed by atoms with Crippen LogP contribution >= 0.6 is 0 Å². The first kappa shape index (κ1) is 18.7. The molecule has 0 saturated carbocycles. The Labute approximate surface area is 150 Å². The molecule has 0 saturated heterocycles. The molecule has 0 aliphatic carbocycles. The Morgan fingerprint density at radius 2 is 1.44 bits per heavy atom. The summed E-state index contributed by atoms with van der Waals surface area (Å²) in [5.41, 5.74) is 2.95. The average molecular weight is 338 g/mol. The number of rotatable bonds is 7. The SMILES string of the molecule is CCc1ccc(N(CCC(=O)N(CC)c2ccccc2)C(C)=O)cc1. The van der Waals surface area contributed by atoms with Crippen molar-refractivity contribution in [2.75, 3.05) is 22.9 Å². The van der Waals surface area contributed by atoms with Gasteiger partial charge in [-0.2, -0.15) is 0 Å². The van der Waals surface area contributed by atoms with Crippen LogP contribution in [-0.4, -0.2) is 24.9 Å². The molecule has 0 atom stereocenters. The summed E-state index contributed by atoms with van der Waals surface area (Å²) in [5.74, 6) is -0.0371. The molecule has 4 nitrogen and oxygen atoms in total. The summed E-state index contributed by atoms with van der Waals surface area (Å²) in [6, 6.07) is 17.6. The highest BCUT2D eigenvalue weighted by atomic mass is 16.2. The minimum atomic E-state index is -0.0557. The van der Waals surface area contributed by atoms with Crippen LogP contribution in [-0.2, 0) is 16.0 Å². The second kappa shape index (κ2) is 9.02. The van der Waals surface area contributed by atoms with Crippen LogP contribution in [0.4, 0.5) is 11.4 Å². The number of carbonyl (C=O) groups excluding carboxylic acids is 2. The predicted octanol–water partition coefficient (Wildman–Crippen LogP) is 4.05. The van der Waals surface area contributed by atoms with E-state index in [1.54, 1.807) is 9.80 Å². The molecular formula is C21H26N2O2. The van der Waals surface area contributed by atoms with Crippen LogP contribution in [0.25, 0.3) is 0 Å². The molecule has 0 aliphatic heterocycles. The molecule has 0 spiro atoms. The molecule has 0 aliphatic rings. The zero-order valence-corrected chi connectivity index (χ0v) is 15.2. The summed E-state index contributed by atoms with van der Waals surface area (Å²) in [4.78, 5) is 28.1. The molecule has 0 bridgehead atoms. The number of benzene rings is 2. The van der Waals surface area contributed by atoms with Crippen molar-refractivity contribution in [1.29, 1.82) is 0 Å². The van der Waals surface area contributed by atoms with Crippen LogP contribution in [0.1, 0.15) is 32.8 Å². The van der Waals surface area contributed by atoms with Crippen LogP contribution in [0.5, 0.6) is 0 Å². The van der Waals surface area contributed by atoms with Crippen molar-refractivity contribution in [2.24, 2.45) is 0 Å². The van der Waals surface area contributed by atoms with Crippen LogP contribution < -0.4 is 9.80 Å². The molecular weight excluding hydrogens is 312 g/mol. The summed E-state index contributed by atoms with van der Waals surface area (Å²) in [5, 5.41) is 0. The molecule has 0 unspecified atom stereocenters. The van der Waals surface area contributed by atoms with E-state index in [1.165, 1.54) is 12.5 Å². The Bertz CT molecular complexity index is 696. The zero-order chi connectivity index (χ0) is 18.2. The Kier molecular flexibility index (Phi) is 6.75. The third-order valence-corrected chi connectivity index (χ3v) is 4.27. The van der Waals surface area contributed by atoms with Crippen molar-refractivity contribution < 1.29 is 9.59 Å². The number of nitrogens with zero attached hydrogens (tertiary/aromatic N) is 2. The summed E-state index contributed by atoms with van der Waals surface area (Å²) in [6.07, 6.45) is 1.25. The minimum absolute atomic E-state index is 0.0186. The first-order chi connectivity index (χ1) is 12.1. The fraction of sp³-hybridized carbons (Fsp3) is 0.333. The Morgan fingerprint density at radius 1 is 0.840 bits per heavy atom. The van der Waals surface area contributed by atoms with Crippen molar-refractivity contribution >= 4 is 23.2 Å². The minimum Gasteiger partial charge on any atom is -0.313 e. The third kappa shape index (κ3) is 4.92. The molecule has 2 aromatic carbocycles. The average Bonchev–Trinajstić information content (AvgIpc) is 2.63. The molecule has 0 N–H and O–H groups in total. The first-order valence-corrected chi connectivity index (χ1v) is 8.79. The van der Waals surface area contributed by atoms with Gasteiger partial charge in [-0.1, -0.05) is 37.3 Å². The number of para-hydroxylation sites is 1. The van der Waals surface area contributed by atoms with Gasteiger partial charge in [0.15, 0.2) is 0 Å². The lowest BCUT2D eigenvalue weighted by Crippen LogP contribution is -2.36. The smallest absolute Gasteiger partial charge is 0.228 e. The fourth-order valence-electron chi connectivity index (χ4n) is 2.83. The molecule has 0 fully saturated rings. The van der Waals surface area contributed by atoms with Gasteiger partial charge in [0.25, 0.3) is 0 Å². The highest BCUT2D eigenvalue weighted by molar-refractivity contribution is 5.96. The van der Waals surface area contributed by atoms with E-state index in [2.05, 4.69) is 6.92 Å². The van der Waals surface area contributed by atoms with Gasteiger partial charge in [0.2, 0.25) is 11.8 Å². The molecule has 0 aromatic heterocycles. The molecule has 0 heterocycles. The maximum atomic E-state index is 12.6. The van der Waals surface area contributed by atoms with E-state index in [-0.39, 0.29) is 18.2 Å². The van der Waals surface area contributed by atoms with E-state index >= 15 is 0 Å². The number of amides is 2. The van der Waals surface area contributed by atoms with E-state index in [4.69, 9.17) is 0 Å². The van der Waals surface area contributed by atoms with Crippen molar-refractivity contribution in [3.63, 3.8) is 0 Å². The number of carbonyl (C=O) groups is 2. The molecule has 2 aromatic rings. The second-order valence-electron chi connectivity index (χ2n) is 5.91. The summed E-state index contributed by atoms with van der Waals surface area (Å²) in [7, 11) is 0. The van der Waals surface area contributed by atoms with Crippen LogP contribution in [0.2, 0.25) is 0 Å². The van der Waals surface area contributed by atoms with E-state index in [1.807, 2.05) is 61.5 Å². The third-order valence-electron chi connectivity index (χ3n) is 4.27. The van der Waals surface area contributed by atoms with Gasteiger partial charge >= 0.3 is 0 Å². The van der Waals surface area contributed by atoms with E-state index < -0.39 is 0 Å². The van der Waals surface area contributed by atoms with Gasteiger partial charge in [0.05, 0.1) is 0 Å². The quantitative estimate of drug-likeness (QED) is 0.764. The van der Waals surface area contributed by atoms with Crippen molar-refractivity contribution in [3.05, 3.63) is 60.2 Å². The highest BCUT2D eigenvalue weighted by Gasteiger charge is 2.17. The normalized spacial score (nSPS) is 10.4. The lowest BCUT2D eigenvalue weighted by Gasteiger charge is -2.25. The topological polar surface area (TPSA) is 40.6 Å². The largest absolute Gasteiger partial charge is 0.313 e. The fourth-order valence-corrected chi connectivity index (χ4v) is 2.83. The maximum Gasteiger partial charge on any atom is 0.228 e. The van der Waals surface area contributed by atoms with Crippen molar-refractivity contribution in [1.82, 2.24) is 0 Å². The van der Waals surface area contributed by atoms with Gasteiger partial charge in [-0.3, -0.25) is 9.59 Å². The summed E-state index contributed by atoms with van der Waals surface area (Å²) >= 11 is 0. The molecule has 2 rings (SSSR count). The number of anilines is 2. The predicted molar refractivity (Wildman–Crippen MR) is 103 cm³/mol. The van der Waals surface area contributed by atoms with E-state index in [0.717, 1.165) is 17.8 Å². The Balaban J connectivity index is 2.07. The first-order valence-electron chi connectivity index (χ1n) is 8.79. The van der Waals surface area contributed by atoms with Crippen molar-refractivity contribution in [2.45, 2.75) is 33.6 Å². The van der Waals surface area contributed by atoms with Gasteiger partial charge < -0.3 is 9.80 Å². The number of hydrogen-bond donors (Lipinski definition) is 0. The number of aryl methyl sites for hydroxylation is 1. The molecule has 2 amide bonds. The Morgan fingerprint density at radius 3 is 1.96 bits per heavy atom. The van der Waals surface area contributed by atoms with Gasteiger partial charge in [0, 0.05) is 37.8 Å². The van der Waals surface area contributed by atoms with Gasteiger partial charge in [-0.05, 0) is 43.2 Å². The monoisotopic (exact) mass is 338 g/mol. The lowest BCUT2D eigenvalue weighted by molar-refractivity contribution is -0.118. The standard InChI is InChI=1S/C21H26N2O2/c1-4-18-11-13-20(14-12-18)23(17(3)24)16-15-21(25)22(5-2)19-9-7-6-8-10-19/h6-14H,4-5,15-16H2,1-3H3.